The Bertz CT molecular complexity index is 806. The minimum Gasteiger partial charge on any atom is -0.457 e. The average Bonchev–Trinajstić information content (AvgIpc) is 2.53. The van der Waals surface area contributed by atoms with Crippen molar-refractivity contribution in [3.8, 4) is 18.1 Å². The van der Waals surface area contributed by atoms with E-state index in [1.165, 1.54) is 11.0 Å². The van der Waals surface area contributed by atoms with Crippen LogP contribution in [0.3, 0.4) is 0 Å². The summed E-state index contributed by atoms with van der Waals surface area (Å²) in [5.74, 6) is 2.67. The number of carbonyl (C=O) groups is 1. The summed E-state index contributed by atoms with van der Waals surface area (Å²) >= 11 is 0. The van der Waals surface area contributed by atoms with Crippen molar-refractivity contribution in [1.29, 1.82) is 0 Å². The number of benzene rings is 2. The number of fused-ring (bicyclic) bond motifs is 1. The predicted molar refractivity (Wildman–Crippen MR) is 91.6 cm³/mol. The number of ether oxygens (including phenoxy) is 2. The second kappa shape index (κ2) is 7.22. The maximum atomic E-state index is 14.0. The molecule has 0 fully saturated rings. The van der Waals surface area contributed by atoms with Crippen molar-refractivity contribution in [2.24, 2.45) is 0 Å². The summed E-state index contributed by atoms with van der Waals surface area (Å²) in [6.07, 6.45) is 4.99. The Morgan fingerprint density at radius 1 is 1.33 bits per heavy atom. The van der Waals surface area contributed by atoms with Crippen LogP contribution in [0, 0.1) is 18.2 Å². The molecule has 0 bridgehead atoms. The van der Waals surface area contributed by atoms with Crippen LogP contribution in [-0.2, 0) is 4.74 Å². The molecular weight excluding hydrogens is 309 g/mol. The maximum Gasteiger partial charge on any atom is 0.412 e. The molecule has 0 atom stereocenters. The molecule has 0 aliphatic carbocycles. The highest BCUT2D eigenvalue weighted by Crippen LogP contribution is 2.33. The van der Waals surface area contributed by atoms with Crippen LogP contribution in [0.15, 0.2) is 24.3 Å². The lowest BCUT2D eigenvalue weighted by molar-refractivity contribution is 0.0433. The monoisotopic (exact) mass is 329 g/mol. The lowest BCUT2D eigenvalue weighted by atomic mass is 9.92. The molecule has 1 amide bonds. The summed E-state index contributed by atoms with van der Waals surface area (Å²) in [5.41, 5.74) is 1.13. The van der Waals surface area contributed by atoms with Crippen molar-refractivity contribution in [2.75, 3.05) is 20.9 Å². The molecule has 24 heavy (non-hydrogen) atoms. The zero-order chi connectivity index (χ0) is 17.9. The molecule has 0 N–H and O–H groups in total. The van der Waals surface area contributed by atoms with Crippen molar-refractivity contribution in [1.82, 2.24) is 4.90 Å². The largest absolute Gasteiger partial charge is 0.457 e. The van der Waals surface area contributed by atoms with E-state index in [1.807, 2.05) is 13.8 Å². The quantitative estimate of drug-likeness (QED) is 0.626. The topological polar surface area (TPSA) is 38.8 Å². The molecule has 0 aliphatic rings. The van der Waals surface area contributed by atoms with Gasteiger partial charge in [0.15, 0.2) is 0 Å². The first kappa shape index (κ1) is 17.6. The third-order valence-electron chi connectivity index (χ3n) is 3.61. The smallest absolute Gasteiger partial charge is 0.412 e. The van der Waals surface area contributed by atoms with Crippen LogP contribution in [0.2, 0.25) is 0 Å². The van der Waals surface area contributed by atoms with E-state index in [1.54, 1.807) is 32.3 Å². The normalized spacial score (nSPS) is 10.5. The standard InChI is InChI=1S/C19H20FNO3/c1-6-15-17(20)8-7-13-9-14(10-16(12(2)3)18(13)15)23-11-24-19(22)21(4)5/h1,7-10,12H,11H2,2-5H3. The van der Waals surface area contributed by atoms with Gasteiger partial charge in [0.1, 0.15) is 11.6 Å². The zero-order valence-electron chi connectivity index (χ0n) is 14.2. The summed E-state index contributed by atoms with van der Waals surface area (Å²) in [6, 6.07) is 6.56. The van der Waals surface area contributed by atoms with Gasteiger partial charge >= 0.3 is 6.09 Å². The van der Waals surface area contributed by atoms with Gasteiger partial charge in [0.2, 0.25) is 6.79 Å². The highest BCUT2D eigenvalue weighted by Gasteiger charge is 2.15. The van der Waals surface area contributed by atoms with Gasteiger partial charge in [-0.25, -0.2) is 9.18 Å². The molecule has 0 unspecified atom stereocenters. The summed E-state index contributed by atoms with van der Waals surface area (Å²) in [4.78, 5) is 12.7. The number of halogens is 1. The first-order chi connectivity index (χ1) is 11.3. The van der Waals surface area contributed by atoms with Crippen LogP contribution < -0.4 is 4.74 Å². The molecule has 0 heterocycles. The van der Waals surface area contributed by atoms with Crippen LogP contribution in [0.5, 0.6) is 5.75 Å². The Kier molecular flexibility index (Phi) is 5.30. The van der Waals surface area contributed by atoms with E-state index in [0.29, 0.717) is 11.1 Å². The van der Waals surface area contributed by atoms with E-state index < -0.39 is 11.9 Å². The van der Waals surface area contributed by atoms with E-state index >= 15 is 0 Å². The molecule has 0 aliphatic heterocycles. The van der Waals surface area contributed by atoms with Crippen molar-refractivity contribution in [2.45, 2.75) is 19.8 Å². The highest BCUT2D eigenvalue weighted by atomic mass is 19.1. The number of terminal acetylenes is 1. The SMILES string of the molecule is C#Cc1c(F)ccc2cc(OCOC(=O)N(C)C)cc(C(C)C)c12. The van der Waals surface area contributed by atoms with E-state index in [2.05, 4.69) is 5.92 Å². The van der Waals surface area contributed by atoms with Gasteiger partial charge in [-0.15, -0.1) is 6.42 Å². The fourth-order valence-corrected chi connectivity index (χ4v) is 2.40. The van der Waals surface area contributed by atoms with Gasteiger partial charge in [0.05, 0.1) is 5.56 Å². The molecule has 0 radical (unpaired) electrons. The van der Waals surface area contributed by atoms with Gasteiger partial charge in [-0.05, 0) is 35.1 Å². The summed E-state index contributed by atoms with van der Waals surface area (Å²) < 4.78 is 24.5. The highest BCUT2D eigenvalue weighted by molar-refractivity contribution is 5.93. The molecule has 2 rings (SSSR count). The first-order valence-corrected chi connectivity index (χ1v) is 7.54. The van der Waals surface area contributed by atoms with Crippen LogP contribution in [0.4, 0.5) is 9.18 Å². The van der Waals surface area contributed by atoms with Crippen molar-refractivity contribution in [3.05, 3.63) is 41.2 Å². The summed E-state index contributed by atoms with van der Waals surface area (Å²) in [6.45, 7) is 3.79. The van der Waals surface area contributed by atoms with Gasteiger partial charge in [-0.1, -0.05) is 25.8 Å². The Hall–Kier alpha value is -2.74. The van der Waals surface area contributed by atoms with Gasteiger partial charge in [0, 0.05) is 19.5 Å². The molecule has 126 valence electrons. The Balaban J connectivity index is 2.39. The number of hydrogen-bond acceptors (Lipinski definition) is 3. The maximum absolute atomic E-state index is 14.0. The molecular formula is C19H20FNO3. The summed E-state index contributed by atoms with van der Waals surface area (Å²) in [5, 5.41) is 1.50. The van der Waals surface area contributed by atoms with E-state index in [9.17, 15) is 9.18 Å². The van der Waals surface area contributed by atoms with Crippen molar-refractivity contribution >= 4 is 16.9 Å². The Labute approximate surface area is 141 Å². The lowest BCUT2D eigenvalue weighted by Crippen LogP contribution is -2.24. The van der Waals surface area contributed by atoms with Crippen LogP contribution in [-0.4, -0.2) is 31.9 Å². The second-order valence-electron chi connectivity index (χ2n) is 5.90. The number of nitrogens with zero attached hydrogens (tertiary/aromatic N) is 1. The van der Waals surface area contributed by atoms with Crippen LogP contribution in [0.1, 0.15) is 30.9 Å². The lowest BCUT2D eigenvalue weighted by Gasteiger charge is -2.16. The molecule has 0 saturated carbocycles. The average molecular weight is 329 g/mol. The molecule has 4 nitrogen and oxygen atoms in total. The fourth-order valence-electron chi connectivity index (χ4n) is 2.40. The third-order valence-corrected chi connectivity index (χ3v) is 3.61. The molecule has 0 spiro atoms. The molecule has 2 aromatic rings. The predicted octanol–water partition coefficient (Wildman–Crippen LogP) is 4.12. The van der Waals surface area contributed by atoms with Gasteiger partial charge in [-0.2, -0.15) is 0 Å². The van der Waals surface area contributed by atoms with Crippen molar-refractivity contribution in [3.63, 3.8) is 0 Å². The number of rotatable bonds is 4. The second-order valence-corrected chi connectivity index (χ2v) is 5.90. The summed E-state index contributed by atoms with van der Waals surface area (Å²) in [7, 11) is 3.18. The van der Waals surface area contributed by atoms with E-state index in [4.69, 9.17) is 15.9 Å². The van der Waals surface area contributed by atoms with E-state index in [0.717, 1.165) is 10.9 Å². The van der Waals surface area contributed by atoms with Gasteiger partial charge in [0.25, 0.3) is 0 Å². The molecule has 5 heteroatoms. The first-order valence-electron chi connectivity index (χ1n) is 7.54. The molecule has 0 aromatic heterocycles. The molecule has 2 aromatic carbocycles. The Morgan fingerprint density at radius 3 is 2.62 bits per heavy atom. The van der Waals surface area contributed by atoms with Crippen molar-refractivity contribution < 1.29 is 18.7 Å². The number of amides is 1. The minimum atomic E-state index is -0.489. The number of hydrogen-bond donors (Lipinski definition) is 0. The minimum absolute atomic E-state index is 0.120. The van der Waals surface area contributed by atoms with Crippen LogP contribution in [0.25, 0.3) is 10.8 Å². The molecule has 0 saturated heterocycles. The van der Waals surface area contributed by atoms with Crippen LogP contribution >= 0.6 is 0 Å². The fraction of sp³-hybridized carbons (Fsp3) is 0.316. The van der Waals surface area contributed by atoms with Gasteiger partial charge < -0.3 is 14.4 Å². The Morgan fingerprint density at radius 2 is 2.04 bits per heavy atom. The van der Waals surface area contributed by atoms with Gasteiger partial charge in [-0.3, -0.25) is 0 Å². The van der Waals surface area contributed by atoms with E-state index in [-0.39, 0.29) is 18.3 Å². The third kappa shape index (κ3) is 3.60. The zero-order valence-corrected chi connectivity index (χ0v) is 14.2. The number of carbonyl (C=O) groups excluding carboxylic acids is 1.